The lowest BCUT2D eigenvalue weighted by atomic mass is 10.1. The minimum atomic E-state index is -2.54. The minimum Gasteiger partial charge on any atom is -0.489 e. The van der Waals surface area contributed by atoms with E-state index in [0.717, 1.165) is 10.5 Å². The Hall–Kier alpha value is -3.26. The first-order valence-corrected chi connectivity index (χ1v) is 9.06. The molecule has 1 aromatic heterocycles. The molecule has 1 atom stereocenters. The van der Waals surface area contributed by atoms with Crippen LogP contribution in [-0.4, -0.2) is 45.7 Å². The highest BCUT2D eigenvalue weighted by Crippen LogP contribution is 2.30. The SMILES string of the molecule is [2H]C([2H])([2H])N1C(=S)[C@H](NC(=O)c2n[nH]c(Cc3ccccc3)n2)COc2ccccc21. The van der Waals surface area contributed by atoms with Gasteiger partial charge in [0.15, 0.2) is 0 Å². The molecule has 0 saturated heterocycles. The molecule has 0 radical (unpaired) electrons. The van der Waals surface area contributed by atoms with Crippen LogP contribution in [0, 0.1) is 0 Å². The zero-order valence-electron chi connectivity index (χ0n) is 17.8. The lowest BCUT2D eigenvalue weighted by molar-refractivity contribution is 0.0927. The maximum atomic E-state index is 12.7. The van der Waals surface area contributed by atoms with Gasteiger partial charge in [-0.05, 0) is 17.7 Å². The summed E-state index contributed by atoms with van der Waals surface area (Å²) >= 11 is 5.44. The number of aromatic amines is 1. The molecule has 1 aliphatic rings. The van der Waals surface area contributed by atoms with Crippen LogP contribution >= 0.6 is 12.2 Å². The Morgan fingerprint density at radius 1 is 1.32 bits per heavy atom. The van der Waals surface area contributed by atoms with Gasteiger partial charge in [-0.1, -0.05) is 54.7 Å². The van der Waals surface area contributed by atoms with Crippen molar-refractivity contribution in [3.8, 4) is 5.75 Å². The highest BCUT2D eigenvalue weighted by molar-refractivity contribution is 7.80. The van der Waals surface area contributed by atoms with Crippen LogP contribution in [0.3, 0.4) is 0 Å². The molecule has 0 bridgehead atoms. The van der Waals surface area contributed by atoms with E-state index in [0.29, 0.717) is 23.7 Å². The summed E-state index contributed by atoms with van der Waals surface area (Å²) in [4.78, 5) is 18.0. The number of likely N-dealkylation sites (N-methyl/N-ethyl adjacent to an activating group) is 1. The highest BCUT2D eigenvalue weighted by atomic mass is 32.1. The number of hydrogen-bond acceptors (Lipinski definition) is 5. The molecule has 28 heavy (non-hydrogen) atoms. The molecule has 8 heteroatoms. The van der Waals surface area contributed by atoms with E-state index < -0.39 is 18.9 Å². The van der Waals surface area contributed by atoms with E-state index in [1.54, 1.807) is 24.3 Å². The number of rotatable bonds is 4. The van der Waals surface area contributed by atoms with Crippen LogP contribution in [0.5, 0.6) is 5.75 Å². The summed E-state index contributed by atoms with van der Waals surface area (Å²) in [6, 6.07) is 15.5. The van der Waals surface area contributed by atoms with Crippen molar-refractivity contribution in [2.75, 3.05) is 18.5 Å². The molecule has 4 rings (SSSR count). The van der Waals surface area contributed by atoms with Crippen molar-refractivity contribution in [2.45, 2.75) is 12.5 Å². The molecular weight excluding hydrogens is 374 g/mol. The third-order valence-electron chi connectivity index (χ3n) is 4.28. The lowest BCUT2D eigenvalue weighted by Crippen LogP contribution is -2.48. The first-order valence-electron chi connectivity index (χ1n) is 10.1. The fraction of sp³-hybridized carbons (Fsp3) is 0.200. The van der Waals surface area contributed by atoms with Crippen LogP contribution < -0.4 is 15.0 Å². The molecular formula is C20H19N5O2S. The van der Waals surface area contributed by atoms with E-state index in [9.17, 15) is 4.79 Å². The molecule has 142 valence electrons. The zero-order chi connectivity index (χ0) is 22.0. The monoisotopic (exact) mass is 396 g/mol. The summed E-state index contributed by atoms with van der Waals surface area (Å²) in [5.74, 6) is 0.271. The van der Waals surface area contributed by atoms with Crippen LogP contribution in [0.4, 0.5) is 5.69 Å². The van der Waals surface area contributed by atoms with Gasteiger partial charge in [0.1, 0.15) is 29.2 Å². The number of benzene rings is 2. The van der Waals surface area contributed by atoms with Crippen LogP contribution in [0.1, 0.15) is 26.1 Å². The smallest absolute Gasteiger partial charge is 0.291 e. The average molecular weight is 396 g/mol. The Bertz CT molecular complexity index is 1100. The van der Waals surface area contributed by atoms with E-state index in [1.807, 2.05) is 30.3 Å². The summed E-state index contributed by atoms with van der Waals surface area (Å²) in [6.45, 7) is -2.56. The number of fused-ring (bicyclic) bond motifs is 1. The van der Waals surface area contributed by atoms with E-state index in [-0.39, 0.29) is 17.4 Å². The Labute approximate surface area is 172 Å². The number of nitrogens with one attached hydrogen (secondary N) is 2. The number of thiocarbonyl (C=S) groups is 1. The van der Waals surface area contributed by atoms with Crippen LogP contribution in [0.15, 0.2) is 54.6 Å². The van der Waals surface area contributed by atoms with Gasteiger partial charge in [-0.3, -0.25) is 9.89 Å². The van der Waals surface area contributed by atoms with Crippen molar-refractivity contribution in [3.63, 3.8) is 0 Å². The summed E-state index contributed by atoms with van der Waals surface area (Å²) in [7, 11) is 0. The van der Waals surface area contributed by atoms with Crippen molar-refractivity contribution in [3.05, 3.63) is 71.8 Å². The molecule has 0 unspecified atom stereocenters. The van der Waals surface area contributed by atoms with Crippen LogP contribution in [0.25, 0.3) is 0 Å². The number of aromatic nitrogens is 3. The summed E-state index contributed by atoms with van der Waals surface area (Å²) < 4.78 is 29.5. The van der Waals surface area contributed by atoms with E-state index >= 15 is 0 Å². The first-order chi connectivity index (χ1) is 14.8. The fourth-order valence-corrected chi connectivity index (χ4v) is 3.10. The van der Waals surface area contributed by atoms with Crippen molar-refractivity contribution in [1.82, 2.24) is 20.5 Å². The van der Waals surface area contributed by atoms with Gasteiger partial charge in [0.2, 0.25) is 5.82 Å². The molecule has 1 amide bonds. The van der Waals surface area contributed by atoms with E-state index in [1.165, 1.54) is 0 Å². The molecule has 2 aromatic carbocycles. The standard InChI is InChI=1S/C20H19N5O2S/c1-25-15-9-5-6-10-16(15)27-12-14(20(25)28)21-19(26)18-22-17(23-24-18)11-13-7-3-2-4-8-13/h2-10,14H,11-12H2,1H3,(H,21,26)(H,22,23,24)/t14-/m1/s1/i1D3. The predicted octanol–water partition coefficient (Wildman–Crippen LogP) is 2.35. The molecule has 0 spiro atoms. The third kappa shape index (κ3) is 3.72. The second-order valence-corrected chi connectivity index (χ2v) is 6.66. The third-order valence-corrected chi connectivity index (χ3v) is 4.75. The Morgan fingerprint density at radius 2 is 2.11 bits per heavy atom. The zero-order valence-corrected chi connectivity index (χ0v) is 15.6. The molecule has 1 aliphatic heterocycles. The first kappa shape index (κ1) is 14.8. The Kier molecular flexibility index (Phi) is 4.10. The molecule has 3 aromatic rings. The number of anilines is 1. The van der Waals surface area contributed by atoms with Gasteiger partial charge in [0.05, 0.1) is 5.69 Å². The number of hydrogen-bond donors (Lipinski definition) is 2. The maximum Gasteiger partial charge on any atom is 0.291 e. The Morgan fingerprint density at radius 3 is 2.93 bits per heavy atom. The largest absolute Gasteiger partial charge is 0.489 e. The minimum absolute atomic E-state index is 0.0184. The maximum absolute atomic E-state index is 12.7. The quantitative estimate of drug-likeness (QED) is 0.659. The van der Waals surface area contributed by atoms with Crippen molar-refractivity contribution in [2.24, 2.45) is 0 Å². The molecule has 7 nitrogen and oxygen atoms in total. The number of H-pyrrole nitrogens is 1. The van der Waals surface area contributed by atoms with Crippen molar-refractivity contribution in [1.29, 1.82) is 0 Å². The lowest BCUT2D eigenvalue weighted by Gasteiger charge is -2.23. The Balaban J connectivity index is 1.51. The number of carbonyl (C=O) groups excluding carboxylic acids is 1. The topological polar surface area (TPSA) is 83.1 Å². The molecule has 2 N–H and O–H groups in total. The number of ether oxygens (including phenoxy) is 1. The van der Waals surface area contributed by atoms with Crippen molar-refractivity contribution < 1.29 is 13.6 Å². The van der Waals surface area contributed by atoms with Gasteiger partial charge in [-0.2, -0.15) is 0 Å². The molecule has 0 saturated carbocycles. The van der Waals surface area contributed by atoms with Crippen LogP contribution in [-0.2, 0) is 6.42 Å². The summed E-state index contributed by atoms with van der Waals surface area (Å²) in [5, 5.41) is 9.43. The second-order valence-electron chi connectivity index (χ2n) is 6.25. The molecule has 0 aliphatic carbocycles. The number of carbonyl (C=O) groups is 1. The van der Waals surface area contributed by atoms with Gasteiger partial charge in [-0.15, -0.1) is 5.10 Å². The van der Waals surface area contributed by atoms with Gasteiger partial charge < -0.3 is 15.0 Å². The van der Waals surface area contributed by atoms with Crippen LogP contribution in [0.2, 0.25) is 0 Å². The van der Waals surface area contributed by atoms with Gasteiger partial charge in [0, 0.05) is 17.5 Å². The number of nitrogens with zero attached hydrogens (tertiary/aromatic N) is 3. The van der Waals surface area contributed by atoms with E-state index in [2.05, 4.69) is 20.5 Å². The van der Waals surface area contributed by atoms with Gasteiger partial charge >= 0.3 is 0 Å². The molecule has 2 heterocycles. The van der Waals surface area contributed by atoms with E-state index in [4.69, 9.17) is 21.1 Å². The highest BCUT2D eigenvalue weighted by Gasteiger charge is 2.28. The normalized spacial score (nSPS) is 18.1. The predicted molar refractivity (Wildman–Crippen MR) is 110 cm³/mol. The summed E-state index contributed by atoms with van der Waals surface area (Å²) in [5.41, 5.74) is 1.35. The number of amides is 1. The second kappa shape index (κ2) is 7.77. The molecule has 0 fully saturated rings. The summed E-state index contributed by atoms with van der Waals surface area (Å²) in [6.07, 6.45) is 0.494. The number of para-hydroxylation sites is 2. The fourth-order valence-electron chi connectivity index (χ4n) is 2.87. The van der Waals surface area contributed by atoms with Gasteiger partial charge in [0.25, 0.3) is 5.91 Å². The van der Waals surface area contributed by atoms with Crippen molar-refractivity contribution >= 4 is 28.8 Å². The average Bonchev–Trinajstić information content (AvgIpc) is 3.14. The van der Waals surface area contributed by atoms with Gasteiger partial charge in [-0.25, -0.2) is 4.98 Å².